The normalized spacial score (nSPS) is 13.0. The topological polar surface area (TPSA) is 33.5 Å². The minimum absolute atomic E-state index is 0.0140. The van der Waals surface area contributed by atoms with Crippen molar-refractivity contribution in [2.45, 2.75) is 59.3 Å². The highest BCUT2D eigenvalue weighted by molar-refractivity contribution is 6.09. The summed E-state index contributed by atoms with van der Waals surface area (Å²) in [7, 11) is 0. The third-order valence-electron chi connectivity index (χ3n) is 12.9. The van der Waals surface area contributed by atoms with Gasteiger partial charge in [0.2, 0.25) is 0 Å². The minimum atomic E-state index is -0.163. The Bertz CT molecular complexity index is 3120. The third kappa shape index (κ3) is 6.97. The van der Waals surface area contributed by atoms with Gasteiger partial charge in [-0.25, -0.2) is 4.98 Å². The van der Waals surface area contributed by atoms with Gasteiger partial charge < -0.3 is 14.5 Å². The second-order valence-corrected chi connectivity index (χ2v) is 18.3. The van der Waals surface area contributed by atoms with Crippen molar-refractivity contribution >= 4 is 44.6 Å². The van der Waals surface area contributed by atoms with Crippen LogP contribution in [0.4, 0.5) is 22.7 Å². The number of para-hydroxylation sites is 1. The number of ether oxygens (including phenoxy) is 1. The molecule has 5 nitrogen and oxygen atoms in total. The Morgan fingerprint density at radius 2 is 1.15 bits per heavy atom. The summed E-state index contributed by atoms with van der Waals surface area (Å²) in [5, 5.41) is 2.34. The number of rotatable bonds is 8. The second-order valence-electron chi connectivity index (χ2n) is 18.3. The van der Waals surface area contributed by atoms with Gasteiger partial charge in [-0.15, -0.1) is 0 Å². The molecule has 10 rings (SSSR count). The summed E-state index contributed by atoms with van der Waals surface area (Å²) in [6, 6.07) is 61.2. The Kier molecular flexibility index (Phi) is 9.52. The van der Waals surface area contributed by atoms with E-state index in [4.69, 9.17) is 9.72 Å². The Labute approximate surface area is 365 Å². The van der Waals surface area contributed by atoms with Crippen LogP contribution in [0.5, 0.6) is 11.5 Å². The molecule has 62 heavy (non-hydrogen) atoms. The van der Waals surface area contributed by atoms with E-state index in [-0.39, 0.29) is 10.8 Å². The van der Waals surface area contributed by atoms with Crippen molar-refractivity contribution in [1.82, 2.24) is 9.55 Å². The summed E-state index contributed by atoms with van der Waals surface area (Å²) in [5.41, 5.74) is 15.1. The second kappa shape index (κ2) is 15.1. The van der Waals surface area contributed by atoms with Crippen LogP contribution < -0.4 is 14.5 Å². The Morgan fingerprint density at radius 3 is 1.89 bits per heavy atom. The van der Waals surface area contributed by atoms with Crippen molar-refractivity contribution in [2.24, 2.45) is 0 Å². The Balaban J connectivity index is 1.07. The van der Waals surface area contributed by atoms with Gasteiger partial charge in [0.15, 0.2) is 0 Å². The fourth-order valence-electron chi connectivity index (χ4n) is 9.04. The molecule has 0 saturated carbocycles. The predicted octanol–water partition coefficient (Wildman–Crippen LogP) is 15.1. The van der Waals surface area contributed by atoms with E-state index in [1.807, 2.05) is 6.20 Å². The number of pyridine rings is 1. The zero-order valence-corrected chi connectivity index (χ0v) is 36.6. The van der Waals surface area contributed by atoms with Crippen molar-refractivity contribution in [2.75, 3.05) is 16.5 Å². The molecule has 0 aliphatic carbocycles. The lowest BCUT2D eigenvalue weighted by Crippen LogP contribution is -2.25. The molecule has 0 saturated heterocycles. The van der Waals surface area contributed by atoms with Crippen molar-refractivity contribution in [3.05, 3.63) is 204 Å². The van der Waals surface area contributed by atoms with Gasteiger partial charge in [0.25, 0.3) is 0 Å². The quantitative estimate of drug-likeness (QED) is 0.153. The van der Waals surface area contributed by atoms with E-state index in [1.54, 1.807) is 0 Å². The summed E-state index contributed by atoms with van der Waals surface area (Å²) in [6.45, 7) is 16.4. The maximum atomic E-state index is 6.98. The number of hydrogen-bond acceptors (Lipinski definition) is 4. The Morgan fingerprint density at radius 1 is 0.484 bits per heavy atom. The predicted molar refractivity (Wildman–Crippen MR) is 259 cm³/mol. The van der Waals surface area contributed by atoms with Gasteiger partial charge in [0, 0.05) is 45.9 Å². The van der Waals surface area contributed by atoms with Gasteiger partial charge in [-0.2, -0.15) is 0 Å². The van der Waals surface area contributed by atoms with Crippen LogP contribution in [0.15, 0.2) is 176 Å². The number of anilines is 4. The molecule has 2 aromatic heterocycles. The zero-order chi connectivity index (χ0) is 42.8. The fourth-order valence-corrected chi connectivity index (χ4v) is 9.04. The molecule has 0 radical (unpaired) electrons. The monoisotopic (exact) mass is 808 g/mol. The average Bonchev–Trinajstić information content (AvgIpc) is 3.82. The lowest BCUT2D eigenvalue weighted by Gasteiger charge is -2.28. The molecule has 1 aliphatic heterocycles. The minimum Gasteiger partial charge on any atom is -0.457 e. The summed E-state index contributed by atoms with van der Waals surface area (Å²) in [6.07, 6.45) is 1.93. The molecular weight excluding hydrogens is 757 g/mol. The number of aryl methyl sites for hydroxylation is 2. The van der Waals surface area contributed by atoms with E-state index in [9.17, 15) is 0 Å². The van der Waals surface area contributed by atoms with Crippen LogP contribution in [0, 0.1) is 13.8 Å². The number of aromatic nitrogens is 2. The van der Waals surface area contributed by atoms with Crippen molar-refractivity contribution in [3.63, 3.8) is 0 Å². The molecule has 9 aromatic rings. The van der Waals surface area contributed by atoms with E-state index in [0.29, 0.717) is 6.67 Å². The summed E-state index contributed by atoms with van der Waals surface area (Å²) < 4.78 is 9.25. The van der Waals surface area contributed by atoms with Crippen LogP contribution in [0.3, 0.4) is 0 Å². The highest BCUT2D eigenvalue weighted by Gasteiger charge is 2.31. The van der Waals surface area contributed by atoms with Gasteiger partial charge in [0.1, 0.15) is 24.0 Å². The SMILES string of the molecule is Cc1cc2c(cc1C)N(c1cccc(C(C)(C)c3ccccc3)c1)CN2c1cc(Oc2ccc3c4ccccc4n(-c4cc(C(C)(C)C)ccn4)c3c2)cc(-c2ccccc2)c1. The molecular formula is C57H52N4O. The first-order valence-corrected chi connectivity index (χ1v) is 21.6. The Hall–Kier alpha value is -7.11. The van der Waals surface area contributed by atoms with Gasteiger partial charge in [0.05, 0.1) is 22.4 Å². The highest BCUT2D eigenvalue weighted by Crippen LogP contribution is 2.48. The molecule has 0 N–H and O–H groups in total. The first kappa shape index (κ1) is 39.1. The standard InChI is InChI=1S/C57H52N4O/c1-38-29-53-54(30-39(38)2)60(37-59(53)45-22-16-21-44(33-45)57(6,7)42-19-12-9-13-20-42)46-31-41(40-17-10-8-11-18-40)32-48(35-46)62-47-25-26-50-49-23-14-15-24-51(49)61(52(50)36-47)55-34-43(27-28-58-55)56(3,4)5/h8-36H,37H2,1-7H3. The van der Waals surface area contributed by atoms with Crippen LogP contribution in [0.2, 0.25) is 0 Å². The molecule has 1 aliphatic rings. The maximum Gasteiger partial charge on any atom is 0.137 e. The molecule has 0 fully saturated rings. The fraction of sp³-hybridized carbons (Fsp3) is 0.175. The lowest BCUT2D eigenvalue weighted by atomic mass is 9.78. The highest BCUT2D eigenvalue weighted by atomic mass is 16.5. The van der Waals surface area contributed by atoms with Crippen molar-refractivity contribution in [3.8, 4) is 28.4 Å². The van der Waals surface area contributed by atoms with E-state index in [1.165, 1.54) is 50.3 Å². The maximum absolute atomic E-state index is 6.98. The van der Waals surface area contributed by atoms with Gasteiger partial charge in [-0.05, 0) is 125 Å². The lowest BCUT2D eigenvalue weighted by molar-refractivity contribution is 0.483. The van der Waals surface area contributed by atoms with Gasteiger partial charge >= 0.3 is 0 Å². The molecule has 0 amide bonds. The first-order valence-electron chi connectivity index (χ1n) is 21.6. The number of fused-ring (bicyclic) bond motifs is 4. The van der Waals surface area contributed by atoms with E-state index in [0.717, 1.165) is 50.6 Å². The number of hydrogen-bond donors (Lipinski definition) is 0. The summed E-state index contributed by atoms with van der Waals surface area (Å²) in [5.74, 6) is 2.43. The van der Waals surface area contributed by atoms with Gasteiger partial charge in [-0.3, -0.25) is 4.57 Å². The van der Waals surface area contributed by atoms with Crippen LogP contribution in [0.25, 0.3) is 38.8 Å². The molecule has 3 heterocycles. The molecule has 306 valence electrons. The molecule has 0 atom stereocenters. The van der Waals surface area contributed by atoms with Crippen molar-refractivity contribution in [1.29, 1.82) is 0 Å². The van der Waals surface area contributed by atoms with Crippen LogP contribution in [0.1, 0.15) is 62.4 Å². The van der Waals surface area contributed by atoms with Crippen LogP contribution in [-0.4, -0.2) is 16.2 Å². The van der Waals surface area contributed by atoms with Gasteiger partial charge in [-0.1, -0.05) is 126 Å². The largest absolute Gasteiger partial charge is 0.457 e. The summed E-state index contributed by atoms with van der Waals surface area (Å²) >= 11 is 0. The zero-order valence-electron chi connectivity index (χ0n) is 36.6. The smallest absolute Gasteiger partial charge is 0.137 e. The molecule has 7 aromatic carbocycles. The van der Waals surface area contributed by atoms with Crippen molar-refractivity contribution < 1.29 is 4.74 Å². The first-order chi connectivity index (χ1) is 29.9. The van der Waals surface area contributed by atoms with Crippen LogP contribution >= 0.6 is 0 Å². The number of nitrogens with zero attached hydrogens (tertiary/aromatic N) is 4. The molecule has 0 unspecified atom stereocenters. The average molecular weight is 809 g/mol. The van der Waals surface area contributed by atoms with Crippen LogP contribution in [-0.2, 0) is 10.8 Å². The van der Waals surface area contributed by atoms with E-state index in [2.05, 4.69) is 233 Å². The molecule has 5 heteroatoms. The molecule has 0 spiro atoms. The van der Waals surface area contributed by atoms with E-state index >= 15 is 0 Å². The van der Waals surface area contributed by atoms with E-state index < -0.39 is 0 Å². The molecule has 0 bridgehead atoms. The number of benzene rings is 7. The summed E-state index contributed by atoms with van der Waals surface area (Å²) in [4.78, 5) is 9.80. The third-order valence-corrected chi connectivity index (χ3v) is 12.9.